The predicted molar refractivity (Wildman–Crippen MR) is 80.1 cm³/mol. The first-order valence-corrected chi connectivity index (χ1v) is 7.95. The van der Waals surface area contributed by atoms with Crippen molar-refractivity contribution in [1.82, 2.24) is 20.1 Å². The van der Waals surface area contributed by atoms with Gasteiger partial charge in [0.1, 0.15) is 19.0 Å². The number of ether oxygens (including phenoxy) is 2. The monoisotopic (exact) mass is 298 g/mol. The van der Waals surface area contributed by atoms with Gasteiger partial charge in [-0.05, 0) is 31.0 Å². The van der Waals surface area contributed by atoms with Crippen LogP contribution in [-0.4, -0.2) is 40.1 Å². The molecule has 1 aromatic heterocycles. The highest BCUT2D eigenvalue weighted by molar-refractivity contribution is 5.61. The van der Waals surface area contributed by atoms with Gasteiger partial charge in [0.2, 0.25) is 0 Å². The lowest BCUT2D eigenvalue weighted by molar-refractivity contribution is 0.171. The summed E-state index contributed by atoms with van der Waals surface area (Å²) in [6, 6.07) is 7.12. The SMILES string of the molecule is c1cc2c(cc1-c1nnc3n1CC1CCC(C3)N1)OCCO2. The minimum atomic E-state index is 0.540. The van der Waals surface area contributed by atoms with Crippen molar-refractivity contribution in [2.24, 2.45) is 0 Å². The van der Waals surface area contributed by atoms with Crippen LogP contribution >= 0.6 is 0 Å². The fourth-order valence-corrected chi connectivity index (χ4v) is 3.72. The molecule has 4 heterocycles. The van der Waals surface area contributed by atoms with E-state index in [0.717, 1.165) is 41.7 Å². The van der Waals surface area contributed by atoms with Crippen molar-refractivity contribution in [3.63, 3.8) is 0 Å². The van der Waals surface area contributed by atoms with E-state index in [2.05, 4.69) is 20.1 Å². The molecule has 0 aliphatic carbocycles. The number of hydrogen-bond donors (Lipinski definition) is 1. The van der Waals surface area contributed by atoms with Gasteiger partial charge < -0.3 is 19.4 Å². The molecule has 1 N–H and O–H groups in total. The molecule has 0 spiro atoms. The van der Waals surface area contributed by atoms with Crippen LogP contribution in [0.25, 0.3) is 11.4 Å². The van der Waals surface area contributed by atoms with Gasteiger partial charge in [0.15, 0.2) is 17.3 Å². The van der Waals surface area contributed by atoms with E-state index < -0.39 is 0 Å². The van der Waals surface area contributed by atoms with Gasteiger partial charge in [-0.2, -0.15) is 0 Å². The molecule has 0 radical (unpaired) electrons. The van der Waals surface area contributed by atoms with Gasteiger partial charge >= 0.3 is 0 Å². The lowest BCUT2D eigenvalue weighted by Gasteiger charge is -2.19. The van der Waals surface area contributed by atoms with E-state index in [-0.39, 0.29) is 0 Å². The molecule has 22 heavy (non-hydrogen) atoms. The first kappa shape index (κ1) is 12.5. The summed E-state index contributed by atoms with van der Waals surface area (Å²) in [5.41, 5.74) is 1.04. The van der Waals surface area contributed by atoms with Crippen LogP contribution in [-0.2, 0) is 13.0 Å². The number of hydrogen-bond acceptors (Lipinski definition) is 5. The zero-order valence-corrected chi connectivity index (χ0v) is 12.3. The van der Waals surface area contributed by atoms with Gasteiger partial charge in [-0.25, -0.2) is 0 Å². The fraction of sp³-hybridized carbons (Fsp3) is 0.500. The summed E-state index contributed by atoms with van der Waals surface area (Å²) in [5.74, 6) is 3.63. The van der Waals surface area contributed by atoms with Gasteiger partial charge in [0, 0.05) is 30.6 Å². The minimum absolute atomic E-state index is 0.540. The summed E-state index contributed by atoms with van der Waals surface area (Å²) < 4.78 is 13.5. The molecule has 6 nitrogen and oxygen atoms in total. The highest BCUT2D eigenvalue weighted by Crippen LogP contribution is 2.35. The quantitative estimate of drug-likeness (QED) is 0.862. The number of nitrogens with one attached hydrogen (secondary N) is 1. The lowest BCUT2D eigenvalue weighted by atomic mass is 10.1. The largest absolute Gasteiger partial charge is 0.486 e. The molecule has 2 unspecified atom stereocenters. The molecular formula is C16H18N4O2. The average Bonchev–Trinajstić information content (AvgIpc) is 3.10. The molecule has 2 atom stereocenters. The van der Waals surface area contributed by atoms with Crippen molar-refractivity contribution in [2.75, 3.05) is 13.2 Å². The molecule has 1 fully saturated rings. The maximum atomic E-state index is 5.69. The van der Waals surface area contributed by atoms with E-state index in [1.165, 1.54) is 12.8 Å². The zero-order chi connectivity index (χ0) is 14.5. The van der Waals surface area contributed by atoms with Crippen LogP contribution in [0.1, 0.15) is 18.7 Å². The van der Waals surface area contributed by atoms with E-state index >= 15 is 0 Å². The third kappa shape index (κ3) is 1.90. The van der Waals surface area contributed by atoms with Crippen LogP contribution < -0.4 is 14.8 Å². The lowest BCUT2D eigenvalue weighted by Crippen LogP contribution is -2.30. The molecular weight excluding hydrogens is 280 g/mol. The third-order valence-corrected chi connectivity index (χ3v) is 4.79. The molecule has 0 amide bonds. The summed E-state index contributed by atoms with van der Waals surface area (Å²) in [7, 11) is 0. The predicted octanol–water partition coefficient (Wildman–Crippen LogP) is 1.39. The second-order valence-corrected chi connectivity index (χ2v) is 6.25. The number of aromatic nitrogens is 3. The molecule has 3 aliphatic rings. The molecule has 5 rings (SSSR count). The van der Waals surface area contributed by atoms with Gasteiger partial charge in [-0.1, -0.05) is 0 Å². The van der Waals surface area contributed by atoms with Crippen LogP contribution in [0.4, 0.5) is 0 Å². The van der Waals surface area contributed by atoms with Crippen LogP contribution in [0.2, 0.25) is 0 Å². The second kappa shape index (κ2) is 4.71. The molecule has 2 bridgehead atoms. The summed E-state index contributed by atoms with van der Waals surface area (Å²) >= 11 is 0. The first-order chi connectivity index (χ1) is 10.9. The van der Waals surface area contributed by atoms with E-state index in [4.69, 9.17) is 9.47 Å². The number of fused-ring (bicyclic) bond motifs is 4. The van der Waals surface area contributed by atoms with Crippen molar-refractivity contribution in [3.05, 3.63) is 24.0 Å². The summed E-state index contributed by atoms with van der Waals surface area (Å²) in [6.07, 6.45) is 3.45. The Hall–Kier alpha value is -2.08. The first-order valence-electron chi connectivity index (χ1n) is 7.95. The maximum Gasteiger partial charge on any atom is 0.164 e. The van der Waals surface area contributed by atoms with Crippen LogP contribution in [0.15, 0.2) is 18.2 Å². The number of rotatable bonds is 1. The molecule has 6 heteroatoms. The molecule has 3 aliphatic heterocycles. The average molecular weight is 298 g/mol. The Labute approximate surface area is 128 Å². The van der Waals surface area contributed by atoms with Crippen molar-refractivity contribution in [3.8, 4) is 22.9 Å². The smallest absolute Gasteiger partial charge is 0.164 e. The van der Waals surface area contributed by atoms with E-state index in [9.17, 15) is 0 Å². The van der Waals surface area contributed by atoms with Gasteiger partial charge in [-0.3, -0.25) is 0 Å². The number of benzene rings is 1. The standard InChI is InChI=1S/C16H18N4O2/c1-4-13-14(22-6-5-21-13)7-10(1)16-19-18-15-8-11-2-3-12(17-11)9-20(15)16/h1,4,7,11-12,17H,2-3,5-6,8-9H2. The van der Waals surface area contributed by atoms with Crippen molar-refractivity contribution in [2.45, 2.75) is 37.9 Å². The van der Waals surface area contributed by atoms with Crippen LogP contribution in [0.3, 0.4) is 0 Å². The fourth-order valence-electron chi connectivity index (χ4n) is 3.72. The Morgan fingerprint density at radius 3 is 2.86 bits per heavy atom. The maximum absolute atomic E-state index is 5.69. The van der Waals surface area contributed by atoms with Gasteiger partial charge in [0.25, 0.3) is 0 Å². The Bertz CT molecular complexity index is 727. The van der Waals surface area contributed by atoms with E-state index in [1.54, 1.807) is 0 Å². The summed E-state index contributed by atoms with van der Waals surface area (Å²) in [5, 5.41) is 12.6. The minimum Gasteiger partial charge on any atom is -0.486 e. The Kier molecular flexibility index (Phi) is 2.67. The molecule has 114 valence electrons. The molecule has 1 saturated heterocycles. The highest BCUT2D eigenvalue weighted by atomic mass is 16.6. The Morgan fingerprint density at radius 2 is 1.91 bits per heavy atom. The summed E-state index contributed by atoms with van der Waals surface area (Å²) in [6.45, 7) is 2.16. The van der Waals surface area contributed by atoms with Crippen molar-refractivity contribution in [1.29, 1.82) is 0 Å². The van der Waals surface area contributed by atoms with Crippen molar-refractivity contribution >= 4 is 0 Å². The number of nitrogens with zero attached hydrogens (tertiary/aromatic N) is 3. The second-order valence-electron chi connectivity index (χ2n) is 6.25. The molecule has 1 aromatic carbocycles. The normalized spacial score (nSPS) is 25.6. The van der Waals surface area contributed by atoms with Gasteiger partial charge in [-0.15, -0.1) is 10.2 Å². The van der Waals surface area contributed by atoms with Crippen LogP contribution in [0, 0.1) is 0 Å². The highest BCUT2D eigenvalue weighted by Gasteiger charge is 2.31. The third-order valence-electron chi connectivity index (χ3n) is 4.79. The van der Waals surface area contributed by atoms with Crippen molar-refractivity contribution < 1.29 is 9.47 Å². The Balaban J connectivity index is 1.56. The Morgan fingerprint density at radius 1 is 1.05 bits per heavy atom. The topological polar surface area (TPSA) is 61.2 Å². The van der Waals surface area contributed by atoms with E-state index in [0.29, 0.717) is 25.3 Å². The molecule has 2 aromatic rings. The van der Waals surface area contributed by atoms with E-state index in [1.807, 2.05) is 18.2 Å². The van der Waals surface area contributed by atoms with Gasteiger partial charge in [0.05, 0.1) is 0 Å². The molecule has 0 saturated carbocycles. The van der Waals surface area contributed by atoms with Crippen LogP contribution in [0.5, 0.6) is 11.5 Å². The zero-order valence-electron chi connectivity index (χ0n) is 12.3. The summed E-state index contributed by atoms with van der Waals surface area (Å²) in [4.78, 5) is 0.